The average Bonchev–Trinajstić information content (AvgIpc) is 2.40. The molecule has 19 heavy (non-hydrogen) atoms. The van der Waals surface area contributed by atoms with Crippen LogP contribution in [0, 0.1) is 5.82 Å². The third-order valence-electron chi connectivity index (χ3n) is 2.43. The highest BCUT2D eigenvalue weighted by Crippen LogP contribution is 2.10. The van der Waals surface area contributed by atoms with Crippen LogP contribution in [0.15, 0.2) is 23.4 Å². The molecule has 6 nitrogen and oxygen atoms in total. The zero-order valence-corrected chi connectivity index (χ0v) is 10.6. The van der Waals surface area contributed by atoms with E-state index in [1.807, 2.05) is 6.92 Å². The number of benzene rings is 1. The smallest absolute Gasteiger partial charge is 0.233 e. The molecule has 1 amide bonds. The van der Waals surface area contributed by atoms with E-state index in [-0.39, 0.29) is 24.8 Å². The molecule has 0 unspecified atom stereocenters. The van der Waals surface area contributed by atoms with Gasteiger partial charge in [-0.25, -0.2) is 4.39 Å². The Bertz CT molecular complexity index is 477. The maximum atomic E-state index is 13.7. The molecule has 0 spiro atoms. The van der Waals surface area contributed by atoms with Crippen molar-refractivity contribution in [2.24, 2.45) is 10.9 Å². The van der Waals surface area contributed by atoms with Gasteiger partial charge in [0.2, 0.25) is 5.91 Å². The van der Waals surface area contributed by atoms with Gasteiger partial charge < -0.3 is 21.6 Å². The number of oxime groups is 1. The maximum absolute atomic E-state index is 13.7. The van der Waals surface area contributed by atoms with Gasteiger partial charge in [0.15, 0.2) is 5.84 Å². The van der Waals surface area contributed by atoms with E-state index >= 15 is 0 Å². The van der Waals surface area contributed by atoms with Crippen LogP contribution < -0.4 is 16.4 Å². The second-order valence-corrected chi connectivity index (χ2v) is 3.85. The summed E-state index contributed by atoms with van der Waals surface area (Å²) in [7, 11) is 0. The molecule has 104 valence electrons. The van der Waals surface area contributed by atoms with Crippen molar-refractivity contribution in [3.05, 3.63) is 35.1 Å². The fraction of sp³-hybridized carbons (Fsp3) is 0.333. The van der Waals surface area contributed by atoms with Crippen LogP contribution in [0.25, 0.3) is 0 Å². The summed E-state index contributed by atoms with van der Waals surface area (Å²) in [5.74, 6) is -0.774. The van der Waals surface area contributed by atoms with E-state index in [1.54, 1.807) is 6.07 Å². The van der Waals surface area contributed by atoms with Gasteiger partial charge in [0.05, 0.1) is 6.54 Å². The lowest BCUT2D eigenvalue weighted by atomic mass is 10.1. The molecule has 0 aliphatic rings. The highest BCUT2D eigenvalue weighted by Gasteiger charge is 2.07. The minimum Gasteiger partial charge on any atom is -0.409 e. The van der Waals surface area contributed by atoms with Crippen LogP contribution in [0.3, 0.4) is 0 Å². The standard InChI is InChI=1S/C12H17FN4O2/c1-2-16-11(18)7-15-6-9-4-3-8(5-10(9)13)12(14)17-19/h3-5,15,19H,2,6-7H2,1H3,(H2,14,17)(H,16,18). The average molecular weight is 268 g/mol. The van der Waals surface area contributed by atoms with Crippen LogP contribution in [0.5, 0.6) is 0 Å². The van der Waals surface area contributed by atoms with E-state index in [1.165, 1.54) is 12.1 Å². The molecule has 0 fully saturated rings. The van der Waals surface area contributed by atoms with Crippen molar-refractivity contribution in [1.82, 2.24) is 10.6 Å². The zero-order chi connectivity index (χ0) is 14.3. The van der Waals surface area contributed by atoms with Gasteiger partial charge in [-0.2, -0.15) is 0 Å². The molecule has 5 N–H and O–H groups in total. The zero-order valence-electron chi connectivity index (χ0n) is 10.6. The van der Waals surface area contributed by atoms with Gasteiger partial charge in [0.1, 0.15) is 5.82 Å². The lowest BCUT2D eigenvalue weighted by Crippen LogP contribution is -2.33. The van der Waals surface area contributed by atoms with Crippen molar-refractivity contribution in [3.8, 4) is 0 Å². The second-order valence-electron chi connectivity index (χ2n) is 3.85. The summed E-state index contributed by atoms with van der Waals surface area (Å²) in [5.41, 5.74) is 6.05. The number of likely N-dealkylation sites (N-methyl/N-ethyl adjacent to an activating group) is 1. The first-order chi connectivity index (χ1) is 9.08. The van der Waals surface area contributed by atoms with Crippen molar-refractivity contribution in [2.75, 3.05) is 13.1 Å². The van der Waals surface area contributed by atoms with Gasteiger partial charge in [0.25, 0.3) is 0 Å². The van der Waals surface area contributed by atoms with Gasteiger partial charge in [-0.05, 0) is 13.0 Å². The number of nitrogens with zero attached hydrogens (tertiary/aromatic N) is 1. The highest BCUT2D eigenvalue weighted by molar-refractivity contribution is 5.97. The Balaban J connectivity index is 2.58. The number of amides is 1. The summed E-state index contributed by atoms with van der Waals surface area (Å²) < 4.78 is 13.7. The number of halogens is 1. The van der Waals surface area contributed by atoms with E-state index < -0.39 is 5.82 Å². The molecule has 0 aliphatic carbocycles. The summed E-state index contributed by atoms with van der Waals surface area (Å²) in [6, 6.07) is 4.24. The van der Waals surface area contributed by atoms with E-state index in [0.29, 0.717) is 17.7 Å². The Kier molecular flexibility index (Phi) is 5.74. The Morgan fingerprint density at radius 1 is 1.53 bits per heavy atom. The summed E-state index contributed by atoms with van der Waals surface area (Å²) >= 11 is 0. The van der Waals surface area contributed by atoms with Gasteiger partial charge in [-0.15, -0.1) is 0 Å². The van der Waals surface area contributed by atoms with Crippen molar-refractivity contribution in [3.63, 3.8) is 0 Å². The molecule has 0 atom stereocenters. The topological polar surface area (TPSA) is 99.7 Å². The molecular weight excluding hydrogens is 251 g/mol. The molecule has 0 radical (unpaired) electrons. The van der Waals surface area contributed by atoms with Gasteiger partial charge in [-0.3, -0.25) is 4.79 Å². The van der Waals surface area contributed by atoms with Gasteiger partial charge in [0, 0.05) is 24.2 Å². The number of carbonyl (C=O) groups is 1. The van der Waals surface area contributed by atoms with Crippen LogP contribution in [0.2, 0.25) is 0 Å². The molecule has 1 aromatic rings. The fourth-order valence-corrected chi connectivity index (χ4v) is 1.48. The first-order valence-corrected chi connectivity index (χ1v) is 5.82. The predicted molar refractivity (Wildman–Crippen MR) is 69.3 cm³/mol. The van der Waals surface area contributed by atoms with Crippen molar-refractivity contribution in [2.45, 2.75) is 13.5 Å². The van der Waals surface area contributed by atoms with E-state index in [0.717, 1.165) is 0 Å². The number of rotatable bonds is 6. The number of hydrogen-bond donors (Lipinski definition) is 4. The van der Waals surface area contributed by atoms with Gasteiger partial charge >= 0.3 is 0 Å². The molecular formula is C12H17FN4O2. The Morgan fingerprint density at radius 3 is 2.84 bits per heavy atom. The summed E-state index contributed by atoms with van der Waals surface area (Å²) in [6.45, 7) is 2.72. The van der Waals surface area contributed by atoms with Crippen LogP contribution in [0.1, 0.15) is 18.1 Å². The van der Waals surface area contributed by atoms with Crippen LogP contribution >= 0.6 is 0 Å². The third-order valence-corrected chi connectivity index (χ3v) is 2.43. The lowest BCUT2D eigenvalue weighted by molar-refractivity contribution is -0.120. The largest absolute Gasteiger partial charge is 0.409 e. The van der Waals surface area contributed by atoms with E-state index in [9.17, 15) is 9.18 Å². The Morgan fingerprint density at radius 2 is 2.26 bits per heavy atom. The lowest BCUT2D eigenvalue weighted by Gasteiger charge is -2.07. The third kappa shape index (κ3) is 4.55. The minimum atomic E-state index is -0.479. The number of hydrogen-bond acceptors (Lipinski definition) is 4. The molecule has 0 saturated carbocycles. The number of nitrogens with two attached hydrogens (primary N) is 1. The van der Waals surface area contributed by atoms with Crippen molar-refractivity contribution in [1.29, 1.82) is 0 Å². The van der Waals surface area contributed by atoms with E-state index in [2.05, 4.69) is 15.8 Å². The summed E-state index contributed by atoms with van der Waals surface area (Å²) in [6.07, 6.45) is 0. The first-order valence-electron chi connectivity index (χ1n) is 5.82. The normalized spacial score (nSPS) is 11.4. The predicted octanol–water partition coefficient (Wildman–Crippen LogP) is 0.146. The highest BCUT2D eigenvalue weighted by atomic mass is 19.1. The van der Waals surface area contributed by atoms with Crippen LogP contribution in [-0.2, 0) is 11.3 Å². The SMILES string of the molecule is CCNC(=O)CNCc1ccc(C(N)=NO)cc1F. The summed E-state index contributed by atoms with van der Waals surface area (Å²) in [5, 5.41) is 16.7. The number of nitrogens with one attached hydrogen (secondary N) is 2. The molecule has 7 heteroatoms. The molecule has 1 rings (SSSR count). The Labute approximate surface area is 110 Å². The van der Waals surface area contributed by atoms with Crippen molar-refractivity contribution < 1.29 is 14.4 Å². The molecule has 0 heterocycles. The fourth-order valence-electron chi connectivity index (χ4n) is 1.48. The second kappa shape index (κ2) is 7.32. The minimum absolute atomic E-state index is 0.120. The monoisotopic (exact) mass is 268 g/mol. The molecule has 1 aromatic carbocycles. The van der Waals surface area contributed by atoms with Crippen LogP contribution in [-0.4, -0.2) is 30.0 Å². The molecule has 0 aromatic heterocycles. The first kappa shape index (κ1) is 14.9. The molecule has 0 bridgehead atoms. The van der Waals surface area contributed by atoms with Crippen molar-refractivity contribution >= 4 is 11.7 Å². The maximum Gasteiger partial charge on any atom is 0.233 e. The number of carbonyl (C=O) groups excluding carboxylic acids is 1. The quantitative estimate of drug-likeness (QED) is 0.255. The number of amidine groups is 1. The summed E-state index contributed by atoms with van der Waals surface area (Å²) in [4.78, 5) is 11.2. The van der Waals surface area contributed by atoms with Gasteiger partial charge in [-0.1, -0.05) is 17.3 Å². The Hall–Kier alpha value is -2.15. The van der Waals surface area contributed by atoms with E-state index in [4.69, 9.17) is 10.9 Å². The molecule has 0 aliphatic heterocycles. The van der Waals surface area contributed by atoms with Crippen LogP contribution in [0.4, 0.5) is 4.39 Å². The molecule has 0 saturated heterocycles.